The summed E-state index contributed by atoms with van der Waals surface area (Å²) in [6.45, 7) is 1.97. The molecule has 0 aliphatic carbocycles. The van der Waals surface area contributed by atoms with Crippen LogP contribution in [0.15, 0.2) is 30.3 Å². The highest BCUT2D eigenvalue weighted by molar-refractivity contribution is 5.97. The standard InChI is InChI=1S/C19H25N3O5/c1-14(27-17(24)13-22-11-7-3-6-10-16(22)23)18(25)21-19(26)20-12-15-8-4-2-5-9-15/h2,4-5,8-9,14H,3,6-7,10-13H2,1H3,(H2,20,21,25,26). The van der Waals surface area contributed by atoms with Crippen LogP contribution in [0.5, 0.6) is 0 Å². The van der Waals surface area contributed by atoms with E-state index in [4.69, 9.17) is 4.74 Å². The van der Waals surface area contributed by atoms with E-state index in [1.807, 2.05) is 30.3 Å². The summed E-state index contributed by atoms with van der Waals surface area (Å²) in [5.74, 6) is -1.48. The molecular formula is C19H25N3O5. The number of nitrogens with zero attached hydrogens (tertiary/aromatic N) is 1. The molecule has 27 heavy (non-hydrogen) atoms. The maximum atomic E-state index is 12.0. The summed E-state index contributed by atoms with van der Waals surface area (Å²) in [6.07, 6.45) is 1.90. The molecule has 146 valence electrons. The lowest BCUT2D eigenvalue weighted by atomic mass is 10.2. The highest BCUT2D eigenvalue weighted by Crippen LogP contribution is 2.11. The van der Waals surface area contributed by atoms with E-state index in [0.29, 0.717) is 13.0 Å². The normalized spacial score (nSPS) is 15.4. The van der Waals surface area contributed by atoms with Crippen LogP contribution in [0.1, 0.15) is 38.2 Å². The van der Waals surface area contributed by atoms with E-state index in [0.717, 1.165) is 24.8 Å². The number of hydrogen-bond acceptors (Lipinski definition) is 5. The molecule has 4 amide bonds. The summed E-state index contributed by atoms with van der Waals surface area (Å²) < 4.78 is 5.04. The Morgan fingerprint density at radius 3 is 2.63 bits per heavy atom. The molecule has 1 atom stereocenters. The van der Waals surface area contributed by atoms with Crippen molar-refractivity contribution in [1.82, 2.24) is 15.5 Å². The largest absolute Gasteiger partial charge is 0.451 e. The molecule has 1 aromatic carbocycles. The quantitative estimate of drug-likeness (QED) is 0.730. The lowest BCUT2D eigenvalue weighted by Crippen LogP contribution is -2.45. The molecule has 1 heterocycles. The van der Waals surface area contributed by atoms with Crippen LogP contribution >= 0.6 is 0 Å². The number of carbonyl (C=O) groups is 4. The first-order valence-corrected chi connectivity index (χ1v) is 9.05. The molecule has 1 fully saturated rings. The van der Waals surface area contributed by atoms with Crippen LogP contribution in [0.4, 0.5) is 4.79 Å². The molecular weight excluding hydrogens is 350 g/mol. The first-order chi connectivity index (χ1) is 13.0. The van der Waals surface area contributed by atoms with Gasteiger partial charge < -0.3 is 15.0 Å². The van der Waals surface area contributed by atoms with Crippen molar-refractivity contribution < 1.29 is 23.9 Å². The third-order valence-electron chi connectivity index (χ3n) is 4.20. The van der Waals surface area contributed by atoms with Gasteiger partial charge in [0.05, 0.1) is 0 Å². The van der Waals surface area contributed by atoms with Gasteiger partial charge in [0.25, 0.3) is 5.91 Å². The van der Waals surface area contributed by atoms with E-state index >= 15 is 0 Å². The summed E-state index contributed by atoms with van der Waals surface area (Å²) in [6, 6.07) is 8.57. The van der Waals surface area contributed by atoms with Crippen LogP contribution < -0.4 is 10.6 Å². The van der Waals surface area contributed by atoms with E-state index in [9.17, 15) is 19.2 Å². The second kappa shape index (κ2) is 10.3. The third-order valence-corrected chi connectivity index (χ3v) is 4.20. The minimum absolute atomic E-state index is 0.0816. The summed E-state index contributed by atoms with van der Waals surface area (Å²) in [5.41, 5.74) is 0.890. The molecule has 1 aromatic rings. The number of ether oxygens (including phenoxy) is 1. The number of benzene rings is 1. The van der Waals surface area contributed by atoms with Gasteiger partial charge in [-0.05, 0) is 25.3 Å². The van der Waals surface area contributed by atoms with Gasteiger partial charge >= 0.3 is 12.0 Å². The van der Waals surface area contributed by atoms with Crippen molar-refractivity contribution in [3.05, 3.63) is 35.9 Å². The van der Waals surface area contributed by atoms with Crippen LogP contribution in [-0.4, -0.2) is 47.9 Å². The van der Waals surface area contributed by atoms with Gasteiger partial charge in [-0.3, -0.25) is 19.7 Å². The number of rotatable bonds is 6. The Morgan fingerprint density at radius 1 is 1.15 bits per heavy atom. The van der Waals surface area contributed by atoms with Crippen molar-refractivity contribution in [1.29, 1.82) is 0 Å². The van der Waals surface area contributed by atoms with Gasteiger partial charge in [-0.25, -0.2) is 4.79 Å². The molecule has 0 spiro atoms. The van der Waals surface area contributed by atoms with Gasteiger partial charge in [0.2, 0.25) is 5.91 Å². The number of hydrogen-bond donors (Lipinski definition) is 2. The van der Waals surface area contributed by atoms with Crippen molar-refractivity contribution in [3.63, 3.8) is 0 Å². The zero-order valence-electron chi connectivity index (χ0n) is 15.4. The van der Waals surface area contributed by atoms with Gasteiger partial charge in [-0.15, -0.1) is 0 Å². The Kier molecular flexibility index (Phi) is 7.79. The van der Waals surface area contributed by atoms with Crippen molar-refractivity contribution >= 4 is 23.8 Å². The van der Waals surface area contributed by atoms with E-state index in [-0.39, 0.29) is 19.0 Å². The Labute approximate surface area is 158 Å². The first kappa shape index (κ1) is 20.4. The predicted molar refractivity (Wildman–Crippen MR) is 97.4 cm³/mol. The molecule has 8 nitrogen and oxygen atoms in total. The summed E-state index contributed by atoms with van der Waals surface area (Å²) in [7, 11) is 0. The number of nitrogens with one attached hydrogen (secondary N) is 2. The molecule has 2 N–H and O–H groups in total. The molecule has 0 radical (unpaired) electrons. The zero-order chi connectivity index (χ0) is 19.6. The number of imide groups is 1. The lowest BCUT2D eigenvalue weighted by Gasteiger charge is -2.20. The fourth-order valence-electron chi connectivity index (χ4n) is 2.69. The van der Waals surface area contributed by atoms with Crippen LogP contribution in [0, 0.1) is 0 Å². The molecule has 1 unspecified atom stereocenters. The molecule has 0 saturated carbocycles. The Hall–Kier alpha value is -2.90. The van der Waals surface area contributed by atoms with Gasteiger partial charge in [0.1, 0.15) is 6.54 Å². The molecule has 0 bridgehead atoms. The number of likely N-dealkylation sites (tertiary alicyclic amines) is 1. The van der Waals surface area contributed by atoms with Gasteiger partial charge in [0.15, 0.2) is 6.10 Å². The Balaban J connectivity index is 1.72. The first-order valence-electron chi connectivity index (χ1n) is 9.05. The van der Waals surface area contributed by atoms with Gasteiger partial charge in [-0.2, -0.15) is 0 Å². The second-order valence-electron chi connectivity index (χ2n) is 6.42. The van der Waals surface area contributed by atoms with Gasteiger partial charge in [0, 0.05) is 19.5 Å². The van der Waals surface area contributed by atoms with Crippen LogP contribution in [0.3, 0.4) is 0 Å². The van der Waals surface area contributed by atoms with Crippen LogP contribution in [0.25, 0.3) is 0 Å². The smallest absolute Gasteiger partial charge is 0.326 e. The molecule has 0 aromatic heterocycles. The van der Waals surface area contributed by atoms with E-state index in [2.05, 4.69) is 10.6 Å². The van der Waals surface area contributed by atoms with E-state index in [1.54, 1.807) is 0 Å². The van der Waals surface area contributed by atoms with E-state index in [1.165, 1.54) is 11.8 Å². The van der Waals surface area contributed by atoms with Crippen LogP contribution in [0.2, 0.25) is 0 Å². The zero-order valence-corrected chi connectivity index (χ0v) is 15.4. The molecule has 1 aliphatic rings. The summed E-state index contributed by atoms with van der Waals surface area (Å²) >= 11 is 0. The van der Waals surface area contributed by atoms with Crippen LogP contribution in [-0.2, 0) is 25.7 Å². The summed E-state index contributed by atoms with van der Waals surface area (Å²) in [4.78, 5) is 49.1. The fraction of sp³-hybridized carbons (Fsp3) is 0.474. The maximum Gasteiger partial charge on any atom is 0.326 e. The minimum atomic E-state index is -1.14. The Bertz CT molecular complexity index is 677. The summed E-state index contributed by atoms with van der Waals surface area (Å²) in [5, 5.41) is 4.68. The Morgan fingerprint density at radius 2 is 1.89 bits per heavy atom. The minimum Gasteiger partial charge on any atom is -0.451 e. The average Bonchev–Trinajstić information content (AvgIpc) is 2.85. The van der Waals surface area contributed by atoms with E-state index < -0.39 is 24.0 Å². The monoisotopic (exact) mass is 375 g/mol. The number of esters is 1. The van der Waals surface area contributed by atoms with Crippen molar-refractivity contribution in [2.45, 2.75) is 45.3 Å². The SMILES string of the molecule is CC(OC(=O)CN1CCCCCC1=O)C(=O)NC(=O)NCc1ccccc1. The molecule has 8 heteroatoms. The number of carbonyl (C=O) groups excluding carboxylic acids is 4. The van der Waals surface area contributed by atoms with Crippen molar-refractivity contribution in [3.8, 4) is 0 Å². The topological polar surface area (TPSA) is 105 Å². The molecule has 2 rings (SSSR count). The number of urea groups is 1. The molecule has 1 saturated heterocycles. The van der Waals surface area contributed by atoms with Crippen molar-refractivity contribution in [2.75, 3.05) is 13.1 Å². The third kappa shape index (κ3) is 7.08. The maximum absolute atomic E-state index is 12.0. The highest BCUT2D eigenvalue weighted by Gasteiger charge is 2.24. The second-order valence-corrected chi connectivity index (χ2v) is 6.42. The molecule has 1 aliphatic heterocycles. The number of amides is 4. The lowest BCUT2D eigenvalue weighted by molar-refractivity contribution is -0.157. The predicted octanol–water partition coefficient (Wildman–Crippen LogP) is 1.35. The van der Waals surface area contributed by atoms with Gasteiger partial charge in [-0.1, -0.05) is 36.8 Å². The fourth-order valence-corrected chi connectivity index (χ4v) is 2.69. The van der Waals surface area contributed by atoms with Crippen molar-refractivity contribution in [2.24, 2.45) is 0 Å². The highest BCUT2D eigenvalue weighted by atomic mass is 16.5. The average molecular weight is 375 g/mol.